The highest BCUT2D eigenvalue weighted by Crippen LogP contribution is 2.35. The Kier molecular flexibility index (Phi) is 5.23. The molecule has 2 atom stereocenters. The molecule has 0 saturated heterocycles. The van der Waals surface area contributed by atoms with Crippen LogP contribution in [-0.4, -0.2) is 22.7 Å². The summed E-state index contributed by atoms with van der Waals surface area (Å²) in [6, 6.07) is 23.5. The fraction of sp³-hybridized carbons (Fsp3) is 0.185. The van der Waals surface area contributed by atoms with Gasteiger partial charge in [0.2, 0.25) is 0 Å². The van der Waals surface area contributed by atoms with Gasteiger partial charge in [0.1, 0.15) is 6.10 Å². The lowest BCUT2D eigenvalue weighted by atomic mass is 9.80. The molecule has 3 aromatic rings. The Morgan fingerprint density at radius 3 is 2.42 bits per heavy atom. The molecule has 5 rings (SSSR count). The Hall–Kier alpha value is -3.50. The molecule has 0 fully saturated rings. The van der Waals surface area contributed by atoms with Gasteiger partial charge < -0.3 is 9.94 Å². The summed E-state index contributed by atoms with van der Waals surface area (Å²) in [6.45, 7) is 0.0189. The molecular formula is C27H23NO3. The average Bonchev–Trinajstić information content (AvgIpc) is 3.29. The molecule has 2 unspecified atom stereocenters. The maximum absolute atomic E-state index is 13.6. The van der Waals surface area contributed by atoms with Crippen LogP contribution in [0.25, 0.3) is 12.2 Å². The van der Waals surface area contributed by atoms with Crippen LogP contribution < -0.4 is 0 Å². The van der Waals surface area contributed by atoms with Crippen molar-refractivity contribution >= 4 is 23.6 Å². The van der Waals surface area contributed by atoms with Gasteiger partial charge in [0.05, 0.1) is 18.2 Å². The number of aliphatic hydroxyl groups excluding tert-OH is 1. The number of hydrogen-bond donors (Lipinski definition) is 1. The lowest BCUT2D eigenvalue weighted by Gasteiger charge is -2.23. The third-order valence-corrected chi connectivity index (χ3v) is 6.06. The Morgan fingerprint density at radius 2 is 1.61 bits per heavy atom. The number of rotatable bonds is 4. The Labute approximate surface area is 181 Å². The quantitative estimate of drug-likeness (QED) is 0.643. The molecule has 0 radical (unpaired) electrons. The summed E-state index contributed by atoms with van der Waals surface area (Å²) >= 11 is 0. The SMILES string of the molecule is O=C1c2ccccc2/C=C\c2ccccc2C1CC1CC(c2ccc(CO)cc2)=NO1. The Morgan fingerprint density at radius 1 is 0.903 bits per heavy atom. The molecule has 31 heavy (non-hydrogen) atoms. The first-order valence-corrected chi connectivity index (χ1v) is 10.6. The third-order valence-electron chi connectivity index (χ3n) is 6.06. The Balaban J connectivity index is 1.42. The second-order valence-electron chi connectivity index (χ2n) is 8.03. The van der Waals surface area contributed by atoms with E-state index in [1.807, 2.05) is 72.8 Å². The van der Waals surface area contributed by atoms with Gasteiger partial charge in [0.25, 0.3) is 0 Å². The van der Waals surface area contributed by atoms with Gasteiger partial charge in [-0.05, 0) is 27.8 Å². The van der Waals surface area contributed by atoms with Crippen LogP contribution in [-0.2, 0) is 11.4 Å². The van der Waals surface area contributed by atoms with E-state index < -0.39 is 0 Å². The van der Waals surface area contributed by atoms with Crippen molar-refractivity contribution in [2.24, 2.45) is 5.16 Å². The number of aliphatic hydroxyl groups is 1. The molecule has 4 heteroatoms. The van der Waals surface area contributed by atoms with E-state index in [2.05, 4.69) is 17.3 Å². The maximum Gasteiger partial charge on any atom is 0.171 e. The molecule has 0 spiro atoms. The van der Waals surface area contributed by atoms with Crippen LogP contribution in [0.1, 0.15) is 56.9 Å². The van der Waals surface area contributed by atoms with Crippen molar-refractivity contribution in [1.82, 2.24) is 0 Å². The van der Waals surface area contributed by atoms with Crippen LogP contribution >= 0.6 is 0 Å². The van der Waals surface area contributed by atoms with Crippen molar-refractivity contribution in [3.05, 3.63) is 106 Å². The number of ketones is 1. The minimum Gasteiger partial charge on any atom is -0.392 e. The van der Waals surface area contributed by atoms with Gasteiger partial charge in [-0.25, -0.2) is 0 Å². The first kappa shape index (κ1) is 19.5. The summed E-state index contributed by atoms with van der Waals surface area (Å²) in [4.78, 5) is 19.4. The zero-order chi connectivity index (χ0) is 21.2. The predicted octanol–water partition coefficient (Wildman–Crippen LogP) is 5.21. The number of nitrogens with zero attached hydrogens (tertiary/aromatic N) is 1. The van der Waals surface area contributed by atoms with Crippen LogP contribution in [0.3, 0.4) is 0 Å². The molecular weight excluding hydrogens is 386 g/mol. The van der Waals surface area contributed by atoms with Crippen LogP contribution in [0.5, 0.6) is 0 Å². The predicted molar refractivity (Wildman–Crippen MR) is 122 cm³/mol. The van der Waals surface area contributed by atoms with Crippen LogP contribution in [0.4, 0.5) is 0 Å². The van der Waals surface area contributed by atoms with E-state index >= 15 is 0 Å². The standard InChI is InChI=1S/C27H23NO3/c29-17-18-9-11-21(12-10-18)26-16-22(31-28-26)15-25-23-7-3-1-5-19(23)13-14-20-6-2-4-8-24(20)27(25)30/h1-14,22,25,29H,15-17H2/b14-13-. The van der Waals surface area contributed by atoms with E-state index in [0.717, 1.165) is 39.1 Å². The number of benzene rings is 3. The molecule has 3 aromatic carbocycles. The van der Waals surface area contributed by atoms with E-state index in [-0.39, 0.29) is 24.4 Å². The van der Waals surface area contributed by atoms with Crippen molar-refractivity contribution in [3.63, 3.8) is 0 Å². The molecule has 1 aliphatic heterocycles. The minimum atomic E-state index is -0.293. The summed E-state index contributed by atoms with van der Waals surface area (Å²) in [5.41, 5.74) is 6.51. The maximum atomic E-state index is 13.6. The van der Waals surface area contributed by atoms with Gasteiger partial charge in [-0.15, -0.1) is 0 Å². The lowest BCUT2D eigenvalue weighted by Crippen LogP contribution is -2.22. The minimum absolute atomic E-state index is 0.0189. The smallest absolute Gasteiger partial charge is 0.171 e. The second-order valence-corrected chi connectivity index (χ2v) is 8.03. The van der Waals surface area contributed by atoms with Crippen molar-refractivity contribution < 1.29 is 14.7 Å². The number of Topliss-reactive ketones (excluding diaryl/α,β-unsaturated/α-hetero) is 1. The first-order valence-electron chi connectivity index (χ1n) is 10.6. The normalized spacial score (nSPS) is 20.7. The molecule has 4 nitrogen and oxygen atoms in total. The van der Waals surface area contributed by atoms with Crippen LogP contribution in [0.15, 0.2) is 78.0 Å². The molecule has 0 bridgehead atoms. The van der Waals surface area contributed by atoms with Gasteiger partial charge >= 0.3 is 0 Å². The summed E-state index contributed by atoms with van der Waals surface area (Å²) in [5, 5.41) is 13.5. The van der Waals surface area contributed by atoms with Crippen molar-refractivity contribution in [3.8, 4) is 0 Å². The molecule has 0 amide bonds. The van der Waals surface area contributed by atoms with Gasteiger partial charge in [-0.1, -0.05) is 90.1 Å². The van der Waals surface area contributed by atoms with Crippen LogP contribution in [0, 0.1) is 0 Å². The average molecular weight is 409 g/mol. The van der Waals surface area contributed by atoms with E-state index in [4.69, 9.17) is 4.84 Å². The van der Waals surface area contributed by atoms with Gasteiger partial charge in [0.15, 0.2) is 5.78 Å². The highest BCUT2D eigenvalue weighted by atomic mass is 16.6. The van der Waals surface area contributed by atoms with Crippen LogP contribution in [0.2, 0.25) is 0 Å². The topological polar surface area (TPSA) is 58.9 Å². The monoisotopic (exact) mass is 409 g/mol. The zero-order valence-electron chi connectivity index (χ0n) is 17.1. The van der Waals surface area contributed by atoms with E-state index in [0.29, 0.717) is 12.8 Å². The third kappa shape index (κ3) is 3.82. The molecule has 0 saturated carbocycles. The first-order chi connectivity index (χ1) is 15.2. The highest BCUT2D eigenvalue weighted by molar-refractivity contribution is 6.06. The largest absolute Gasteiger partial charge is 0.392 e. The van der Waals surface area contributed by atoms with E-state index in [1.165, 1.54) is 0 Å². The fourth-order valence-corrected chi connectivity index (χ4v) is 4.38. The number of carbonyl (C=O) groups is 1. The van der Waals surface area contributed by atoms with Crippen molar-refractivity contribution in [2.45, 2.75) is 31.5 Å². The number of carbonyl (C=O) groups excluding carboxylic acids is 1. The molecule has 0 aromatic heterocycles. The summed E-state index contributed by atoms with van der Waals surface area (Å²) in [5.74, 6) is -0.171. The number of fused-ring (bicyclic) bond motifs is 2. The highest BCUT2D eigenvalue weighted by Gasteiger charge is 2.32. The lowest BCUT2D eigenvalue weighted by molar-refractivity contribution is 0.0669. The number of oxime groups is 1. The molecule has 1 heterocycles. The molecule has 1 N–H and O–H groups in total. The summed E-state index contributed by atoms with van der Waals surface area (Å²) < 4.78 is 0. The molecule has 154 valence electrons. The van der Waals surface area contributed by atoms with Gasteiger partial charge in [-0.2, -0.15) is 0 Å². The van der Waals surface area contributed by atoms with Gasteiger partial charge in [-0.3, -0.25) is 4.79 Å². The van der Waals surface area contributed by atoms with Gasteiger partial charge in [0, 0.05) is 18.4 Å². The second kappa shape index (κ2) is 8.32. The molecule has 1 aliphatic carbocycles. The van der Waals surface area contributed by atoms with Crippen molar-refractivity contribution in [2.75, 3.05) is 0 Å². The van der Waals surface area contributed by atoms with E-state index in [9.17, 15) is 9.90 Å². The summed E-state index contributed by atoms with van der Waals surface area (Å²) in [7, 11) is 0. The van der Waals surface area contributed by atoms with E-state index in [1.54, 1.807) is 0 Å². The zero-order valence-corrected chi connectivity index (χ0v) is 17.1. The molecule has 2 aliphatic rings. The summed E-state index contributed by atoms with van der Waals surface area (Å²) in [6.07, 6.45) is 5.17. The number of hydrogen-bond acceptors (Lipinski definition) is 4. The fourth-order valence-electron chi connectivity index (χ4n) is 4.38. The van der Waals surface area contributed by atoms with Crippen molar-refractivity contribution in [1.29, 1.82) is 0 Å². The Bertz CT molecular complexity index is 1180.